The van der Waals surface area contributed by atoms with E-state index in [0.29, 0.717) is 19.2 Å². The van der Waals surface area contributed by atoms with E-state index in [-0.39, 0.29) is 11.7 Å². The molecule has 0 amide bonds. The number of aliphatic hydroxyl groups is 1. The van der Waals surface area contributed by atoms with Crippen LogP contribution in [0.25, 0.3) is 0 Å². The Morgan fingerprint density at radius 2 is 2.14 bits per heavy atom. The summed E-state index contributed by atoms with van der Waals surface area (Å²) in [6, 6.07) is 0.329. The van der Waals surface area contributed by atoms with Gasteiger partial charge in [-0.2, -0.15) is 18.2 Å². The van der Waals surface area contributed by atoms with Gasteiger partial charge in [0.05, 0.1) is 13.0 Å². The molecule has 2 unspecified atom stereocenters. The largest absolute Gasteiger partial charge is 0.414 e. The quantitative estimate of drug-likeness (QED) is 0.904. The minimum Gasteiger partial charge on any atom is -0.383 e. The van der Waals surface area contributed by atoms with Crippen molar-refractivity contribution in [2.75, 3.05) is 19.7 Å². The van der Waals surface area contributed by atoms with E-state index in [1.54, 1.807) is 0 Å². The molecule has 6 nitrogen and oxygen atoms in total. The standard InChI is InChI=1S/C12H18F3N3O3/c1-7(2)18-3-4-20-8(6-18)11-16-10(21-17-11)5-9(19)12(13,14)15/h7-9,19H,3-6H2,1-2H3. The molecule has 0 aromatic carbocycles. The number of aromatic nitrogens is 2. The van der Waals surface area contributed by atoms with Crippen LogP contribution in [0.15, 0.2) is 4.52 Å². The SMILES string of the molecule is CC(C)N1CCOC(c2noc(CC(O)C(F)(F)F)n2)C1. The van der Waals surface area contributed by atoms with Gasteiger partial charge in [-0.25, -0.2) is 0 Å². The number of halogens is 3. The normalized spacial score (nSPS) is 22.7. The summed E-state index contributed by atoms with van der Waals surface area (Å²) in [6.45, 7) is 5.93. The maximum absolute atomic E-state index is 12.3. The van der Waals surface area contributed by atoms with Gasteiger partial charge in [-0.05, 0) is 13.8 Å². The lowest BCUT2D eigenvalue weighted by atomic mass is 10.2. The number of ether oxygens (including phenoxy) is 1. The van der Waals surface area contributed by atoms with E-state index < -0.39 is 24.8 Å². The summed E-state index contributed by atoms with van der Waals surface area (Å²) in [6.07, 6.45) is -8.39. The second-order valence-electron chi connectivity index (χ2n) is 5.26. The zero-order chi connectivity index (χ0) is 15.6. The van der Waals surface area contributed by atoms with E-state index >= 15 is 0 Å². The third-order valence-corrected chi connectivity index (χ3v) is 3.35. The molecule has 1 aliphatic heterocycles. The van der Waals surface area contributed by atoms with Crippen LogP contribution in [0.1, 0.15) is 31.7 Å². The first-order chi connectivity index (χ1) is 9.77. The molecule has 0 saturated carbocycles. The molecule has 2 heterocycles. The van der Waals surface area contributed by atoms with E-state index in [1.165, 1.54) is 0 Å². The number of hydrogen-bond donors (Lipinski definition) is 1. The van der Waals surface area contributed by atoms with Gasteiger partial charge in [-0.3, -0.25) is 4.90 Å². The second-order valence-corrected chi connectivity index (χ2v) is 5.26. The van der Waals surface area contributed by atoms with Crippen molar-refractivity contribution in [3.05, 3.63) is 11.7 Å². The summed E-state index contributed by atoms with van der Waals surface area (Å²) in [7, 11) is 0. The van der Waals surface area contributed by atoms with Gasteiger partial charge in [-0.1, -0.05) is 5.16 Å². The molecule has 0 spiro atoms. The van der Waals surface area contributed by atoms with Crippen LogP contribution in [-0.4, -0.2) is 58.2 Å². The Kier molecular flexibility index (Phi) is 4.84. The first kappa shape index (κ1) is 16.2. The summed E-state index contributed by atoms with van der Waals surface area (Å²) >= 11 is 0. The Balaban J connectivity index is 1.99. The van der Waals surface area contributed by atoms with Gasteiger partial charge >= 0.3 is 6.18 Å². The van der Waals surface area contributed by atoms with E-state index in [1.807, 2.05) is 13.8 Å². The third kappa shape index (κ3) is 4.14. The molecule has 0 aliphatic carbocycles. The Labute approximate surface area is 119 Å². The maximum atomic E-state index is 12.3. The van der Waals surface area contributed by atoms with E-state index in [4.69, 9.17) is 14.4 Å². The summed E-state index contributed by atoms with van der Waals surface area (Å²) in [4.78, 5) is 6.05. The number of rotatable bonds is 4. The molecule has 2 atom stereocenters. The first-order valence-electron chi connectivity index (χ1n) is 6.70. The summed E-state index contributed by atoms with van der Waals surface area (Å²) < 4.78 is 47.1. The highest BCUT2D eigenvalue weighted by Crippen LogP contribution is 2.24. The van der Waals surface area contributed by atoms with Gasteiger partial charge in [0, 0.05) is 19.1 Å². The molecule has 120 valence electrons. The molecule has 1 aromatic heterocycles. The Hall–Kier alpha value is -1.19. The first-order valence-corrected chi connectivity index (χ1v) is 6.70. The van der Waals surface area contributed by atoms with Crippen LogP contribution in [0.4, 0.5) is 13.2 Å². The molecule has 1 aromatic rings. The summed E-state index contributed by atoms with van der Waals surface area (Å²) in [5.74, 6) is -0.0372. The van der Waals surface area contributed by atoms with E-state index in [9.17, 15) is 13.2 Å². The predicted molar refractivity (Wildman–Crippen MR) is 65.5 cm³/mol. The van der Waals surface area contributed by atoms with Gasteiger partial charge in [0.25, 0.3) is 0 Å². The van der Waals surface area contributed by atoms with Crippen LogP contribution < -0.4 is 0 Å². The van der Waals surface area contributed by atoms with Crippen molar-refractivity contribution in [2.45, 2.75) is 44.7 Å². The summed E-state index contributed by atoms with van der Waals surface area (Å²) in [5.41, 5.74) is 0. The number of morpholine rings is 1. The topological polar surface area (TPSA) is 71.6 Å². The zero-order valence-electron chi connectivity index (χ0n) is 11.8. The van der Waals surface area contributed by atoms with Crippen molar-refractivity contribution in [1.29, 1.82) is 0 Å². The zero-order valence-corrected chi connectivity index (χ0v) is 11.8. The van der Waals surface area contributed by atoms with Gasteiger partial charge in [0.2, 0.25) is 11.7 Å². The summed E-state index contributed by atoms with van der Waals surface area (Å²) in [5, 5.41) is 12.6. The molecule has 2 rings (SSSR count). The van der Waals surface area contributed by atoms with Crippen LogP contribution in [0.2, 0.25) is 0 Å². The highest BCUT2D eigenvalue weighted by molar-refractivity contribution is 4.96. The van der Waals surface area contributed by atoms with E-state index in [0.717, 1.165) is 6.54 Å². The molecule has 21 heavy (non-hydrogen) atoms. The lowest BCUT2D eigenvalue weighted by molar-refractivity contribution is -0.204. The molecule has 1 fully saturated rings. The van der Waals surface area contributed by atoms with Crippen molar-refractivity contribution in [2.24, 2.45) is 0 Å². The molecular weight excluding hydrogens is 291 g/mol. The van der Waals surface area contributed by atoms with Crippen LogP contribution in [0.3, 0.4) is 0 Å². The van der Waals surface area contributed by atoms with Gasteiger partial charge in [0.1, 0.15) is 6.10 Å². The average Bonchev–Trinajstić information content (AvgIpc) is 2.86. The number of hydrogen-bond acceptors (Lipinski definition) is 6. The highest BCUT2D eigenvalue weighted by atomic mass is 19.4. The number of alkyl halides is 3. The number of nitrogens with zero attached hydrogens (tertiary/aromatic N) is 3. The smallest absolute Gasteiger partial charge is 0.383 e. The van der Waals surface area contributed by atoms with Crippen LogP contribution in [0.5, 0.6) is 0 Å². The predicted octanol–water partition coefficient (Wildman–Crippen LogP) is 1.32. The number of aliphatic hydroxyl groups excluding tert-OH is 1. The molecule has 1 N–H and O–H groups in total. The van der Waals surface area contributed by atoms with Crippen molar-refractivity contribution >= 4 is 0 Å². The molecular formula is C12H18F3N3O3. The molecule has 1 saturated heterocycles. The highest BCUT2D eigenvalue weighted by Gasteiger charge is 2.39. The molecule has 1 aliphatic rings. The minimum atomic E-state index is -4.70. The third-order valence-electron chi connectivity index (χ3n) is 3.35. The molecule has 0 radical (unpaired) electrons. The fraction of sp³-hybridized carbons (Fsp3) is 0.833. The minimum absolute atomic E-state index is 0.213. The van der Waals surface area contributed by atoms with Crippen LogP contribution in [-0.2, 0) is 11.2 Å². The lowest BCUT2D eigenvalue weighted by Gasteiger charge is -2.34. The maximum Gasteiger partial charge on any atom is 0.414 e. The average molecular weight is 309 g/mol. The van der Waals surface area contributed by atoms with Crippen LogP contribution in [0, 0.1) is 0 Å². The van der Waals surface area contributed by atoms with Crippen LogP contribution >= 0.6 is 0 Å². The van der Waals surface area contributed by atoms with Gasteiger partial charge < -0.3 is 14.4 Å². The van der Waals surface area contributed by atoms with Crippen molar-refractivity contribution in [3.63, 3.8) is 0 Å². The fourth-order valence-corrected chi connectivity index (χ4v) is 2.06. The molecule has 0 bridgehead atoms. The van der Waals surface area contributed by atoms with Crippen molar-refractivity contribution in [3.8, 4) is 0 Å². The Bertz CT molecular complexity index is 464. The lowest BCUT2D eigenvalue weighted by Crippen LogP contribution is -2.42. The van der Waals surface area contributed by atoms with Gasteiger partial charge in [0.15, 0.2) is 6.10 Å². The Morgan fingerprint density at radius 3 is 2.76 bits per heavy atom. The monoisotopic (exact) mass is 309 g/mol. The molecule has 9 heteroatoms. The fourth-order valence-electron chi connectivity index (χ4n) is 2.06. The van der Waals surface area contributed by atoms with Gasteiger partial charge in [-0.15, -0.1) is 0 Å². The van der Waals surface area contributed by atoms with Crippen molar-refractivity contribution < 1.29 is 27.5 Å². The Morgan fingerprint density at radius 1 is 1.43 bits per heavy atom. The second kappa shape index (κ2) is 6.29. The van der Waals surface area contributed by atoms with E-state index in [2.05, 4.69) is 15.0 Å². The van der Waals surface area contributed by atoms with Crippen molar-refractivity contribution in [1.82, 2.24) is 15.0 Å².